The zero-order valence-corrected chi connectivity index (χ0v) is 18.1. The molecule has 1 saturated heterocycles. The van der Waals surface area contributed by atoms with Crippen LogP contribution in [-0.4, -0.2) is 77.2 Å². The molecule has 3 aliphatic heterocycles. The molecule has 0 aromatic carbocycles. The van der Waals surface area contributed by atoms with Crippen LogP contribution in [0.3, 0.4) is 0 Å². The van der Waals surface area contributed by atoms with Crippen molar-refractivity contribution in [3.05, 3.63) is 35.8 Å². The summed E-state index contributed by atoms with van der Waals surface area (Å²) in [6, 6.07) is 0. The highest BCUT2D eigenvalue weighted by Gasteiger charge is 2.28. The summed E-state index contributed by atoms with van der Waals surface area (Å²) in [5.41, 5.74) is 4.07. The van der Waals surface area contributed by atoms with E-state index in [0.29, 0.717) is 43.3 Å². The molecule has 1 atom stereocenters. The maximum atomic E-state index is 13.0. The topological polar surface area (TPSA) is 106 Å². The van der Waals surface area contributed by atoms with Gasteiger partial charge in [0.05, 0.1) is 32.2 Å². The molecule has 0 bridgehead atoms. The Hall–Kier alpha value is -3.37. The Labute approximate surface area is 185 Å². The standard InChI is InChI=1S/C22H25N7O3/c1-28-13-15(11-25-28)17-12-24-22(31-2)16-10-18(26-20(16)17)27-21(30)14-3-4-23-19(9-14)29-5-7-32-8-6-29/h3-4,11-13,19H,5-10H2,1-2H3,(H,26,27,30). The molecule has 2 aromatic heterocycles. The highest BCUT2D eigenvalue weighted by atomic mass is 16.5. The summed E-state index contributed by atoms with van der Waals surface area (Å²) >= 11 is 0. The van der Waals surface area contributed by atoms with Gasteiger partial charge in [0.25, 0.3) is 5.91 Å². The molecule has 1 unspecified atom stereocenters. The van der Waals surface area contributed by atoms with Crippen LogP contribution in [0.15, 0.2) is 40.2 Å². The second-order valence-corrected chi connectivity index (χ2v) is 7.92. The largest absolute Gasteiger partial charge is 0.481 e. The van der Waals surface area contributed by atoms with E-state index in [1.165, 1.54) is 0 Å². The molecular weight excluding hydrogens is 410 g/mol. The summed E-state index contributed by atoms with van der Waals surface area (Å²) in [6.07, 6.45) is 9.88. The number of aryl methyl sites for hydroxylation is 1. The Morgan fingerprint density at radius 2 is 2.12 bits per heavy atom. The van der Waals surface area contributed by atoms with E-state index in [-0.39, 0.29) is 12.1 Å². The van der Waals surface area contributed by atoms with Gasteiger partial charge in [-0.15, -0.1) is 0 Å². The van der Waals surface area contributed by atoms with Crippen LogP contribution in [0.1, 0.15) is 12.0 Å². The van der Waals surface area contributed by atoms with Gasteiger partial charge in [-0.05, 0) is 6.08 Å². The number of nitrogens with zero attached hydrogens (tertiary/aromatic N) is 6. The van der Waals surface area contributed by atoms with Gasteiger partial charge < -0.3 is 14.8 Å². The van der Waals surface area contributed by atoms with Gasteiger partial charge in [0.1, 0.15) is 12.0 Å². The van der Waals surface area contributed by atoms with E-state index in [9.17, 15) is 4.79 Å². The Balaban J connectivity index is 1.33. The van der Waals surface area contributed by atoms with Crippen molar-refractivity contribution in [1.82, 2.24) is 25.0 Å². The van der Waals surface area contributed by atoms with Crippen LogP contribution < -0.4 is 10.1 Å². The molecule has 5 heterocycles. The Bertz CT molecular complexity index is 1130. The first-order chi connectivity index (χ1) is 15.6. The number of aromatic nitrogens is 3. The minimum Gasteiger partial charge on any atom is -0.481 e. The molecule has 0 saturated carbocycles. The number of allylic oxidation sites excluding steroid dienone is 1. The molecule has 0 radical (unpaired) electrons. The number of morpholine rings is 1. The second kappa shape index (κ2) is 8.64. The molecule has 1 amide bonds. The molecule has 32 heavy (non-hydrogen) atoms. The normalized spacial score (nSPS) is 20.5. The van der Waals surface area contributed by atoms with Crippen molar-refractivity contribution < 1.29 is 14.3 Å². The third-order valence-corrected chi connectivity index (χ3v) is 5.86. The summed E-state index contributed by atoms with van der Waals surface area (Å²) in [5, 5.41) is 7.23. The highest BCUT2D eigenvalue weighted by molar-refractivity contribution is 6.11. The van der Waals surface area contributed by atoms with Gasteiger partial charge in [0.2, 0.25) is 5.88 Å². The first-order valence-corrected chi connectivity index (χ1v) is 10.6. The number of pyridine rings is 1. The number of aliphatic imine (C=N–C) groups is 2. The van der Waals surface area contributed by atoms with E-state index in [1.54, 1.807) is 36.5 Å². The van der Waals surface area contributed by atoms with E-state index >= 15 is 0 Å². The zero-order chi connectivity index (χ0) is 22.1. The van der Waals surface area contributed by atoms with Crippen LogP contribution in [0.25, 0.3) is 11.1 Å². The van der Waals surface area contributed by atoms with E-state index < -0.39 is 0 Å². The molecule has 10 heteroatoms. The molecule has 2 aromatic rings. The molecule has 1 fully saturated rings. The molecule has 0 spiro atoms. The number of hydrogen-bond donors (Lipinski definition) is 1. The van der Waals surface area contributed by atoms with Crippen molar-refractivity contribution in [2.24, 2.45) is 17.0 Å². The van der Waals surface area contributed by atoms with Gasteiger partial charge in [0, 0.05) is 73.9 Å². The number of carbonyl (C=O) groups excluding carboxylic acids is 1. The van der Waals surface area contributed by atoms with Crippen molar-refractivity contribution in [2.75, 3.05) is 33.4 Å². The molecule has 1 N–H and O–H groups in total. The van der Waals surface area contributed by atoms with Gasteiger partial charge >= 0.3 is 0 Å². The number of nitrogens with one attached hydrogen (secondary N) is 1. The van der Waals surface area contributed by atoms with Gasteiger partial charge in [-0.3, -0.25) is 19.4 Å². The summed E-state index contributed by atoms with van der Waals surface area (Å²) in [5.74, 6) is 0.931. The lowest BCUT2D eigenvalue weighted by Gasteiger charge is -2.33. The van der Waals surface area contributed by atoms with Crippen LogP contribution in [0, 0.1) is 0 Å². The number of amidine groups is 1. The summed E-state index contributed by atoms with van der Waals surface area (Å²) in [4.78, 5) is 29.0. The first kappa shape index (κ1) is 20.5. The van der Waals surface area contributed by atoms with Crippen LogP contribution >= 0.6 is 0 Å². The fraction of sp³-hybridized carbons (Fsp3) is 0.409. The number of dihydropyridines is 1. The van der Waals surface area contributed by atoms with Crippen LogP contribution in [0.4, 0.5) is 5.69 Å². The third-order valence-electron chi connectivity index (χ3n) is 5.86. The highest BCUT2D eigenvalue weighted by Crippen LogP contribution is 2.40. The predicted octanol–water partition coefficient (Wildman–Crippen LogP) is 1.25. The average Bonchev–Trinajstić information content (AvgIpc) is 3.45. The van der Waals surface area contributed by atoms with Crippen molar-refractivity contribution in [3.8, 4) is 17.0 Å². The number of fused-ring (bicyclic) bond motifs is 1. The summed E-state index contributed by atoms with van der Waals surface area (Å²) < 4.78 is 12.6. The maximum Gasteiger partial charge on any atom is 0.252 e. The fourth-order valence-electron chi connectivity index (χ4n) is 4.20. The molecule has 5 rings (SSSR count). The monoisotopic (exact) mass is 435 g/mol. The number of ether oxygens (including phenoxy) is 2. The van der Waals surface area contributed by atoms with Gasteiger partial charge in [-0.2, -0.15) is 5.10 Å². The van der Waals surface area contributed by atoms with E-state index in [4.69, 9.17) is 14.5 Å². The number of rotatable bonds is 4. The van der Waals surface area contributed by atoms with Crippen LogP contribution in [-0.2, 0) is 23.0 Å². The van der Waals surface area contributed by atoms with Gasteiger partial charge in [-0.25, -0.2) is 9.98 Å². The minimum absolute atomic E-state index is 0.0335. The van der Waals surface area contributed by atoms with Crippen LogP contribution in [0.5, 0.6) is 5.88 Å². The third kappa shape index (κ3) is 3.94. The lowest BCUT2D eigenvalue weighted by Crippen LogP contribution is -2.44. The maximum absolute atomic E-state index is 13.0. The van der Waals surface area contributed by atoms with E-state index in [1.807, 2.05) is 13.2 Å². The van der Waals surface area contributed by atoms with Crippen molar-refractivity contribution in [3.63, 3.8) is 0 Å². The first-order valence-electron chi connectivity index (χ1n) is 10.6. The number of amides is 1. The lowest BCUT2D eigenvalue weighted by molar-refractivity contribution is -0.116. The Morgan fingerprint density at radius 3 is 2.88 bits per heavy atom. The van der Waals surface area contributed by atoms with E-state index in [2.05, 4.69) is 25.3 Å². The quantitative estimate of drug-likeness (QED) is 0.775. The van der Waals surface area contributed by atoms with Crippen molar-refractivity contribution in [2.45, 2.75) is 19.0 Å². The SMILES string of the molecule is COc1ncc(-c2cnn(C)c2)c2c1CC(NC(=O)C1=CC=NC(N3CCOCC3)C1)=N2. The zero-order valence-electron chi connectivity index (χ0n) is 18.1. The Kier molecular flexibility index (Phi) is 5.54. The number of carbonyl (C=O) groups is 1. The van der Waals surface area contributed by atoms with Crippen molar-refractivity contribution >= 4 is 23.6 Å². The molecule has 10 nitrogen and oxygen atoms in total. The molecule has 0 aliphatic carbocycles. The van der Waals surface area contributed by atoms with E-state index in [0.717, 1.165) is 35.5 Å². The second-order valence-electron chi connectivity index (χ2n) is 7.92. The average molecular weight is 435 g/mol. The smallest absolute Gasteiger partial charge is 0.252 e. The van der Waals surface area contributed by atoms with Gasteiger partial charge in [-0.1, -0.05) is 0 Å². The van der Waals surface area contributed by atoms with Crippen LogP contribution in [0.2, 0.25) is 0 Å². The number of hydrogen-bond acceptors (Lipinski definition) is 8. The predicted molar refractivity (Wildman–Crippen MR) is 119 cm³/mol. The summed E-state index contributed by atoms with van der Waals surface area (Å²) in [6.45, 7) is 3.04. The number of methoxy groups -OCH3 is 1. The van der Waals surface area contributed by atoms with Gasteiger partial charge in [0.15, 0.2) is 0 Å². The summed E-state index contributed by atoms with van der Waals surface area (Å²) in [7, 11) is 3.45. The fourth-order valence-corrected chi connectivity index (χ4v) is 4.20. The van der Waals surface area contributed by atoms with Crippen molar-refractivity contribution in [1.29, 1.82) is 0 Å². The molecule has 166 valence electrons. The minimum atomic E-state index is -0.157. The molecule has 3 aliphatic rings. The lowest BCUT2D eigenvalue weighted by atomic mass is 10.1. The Morgan fingerprint density at radius 1 is 1.28 bits per heavy atom. The molecular formula is C22H25N7O3.